The van der Waals surface area contributed by atoms with Gasteiger partial charge in [-0.1, -0.05) is 42.5 Å². The summed E-state index contributed by atoms with van der Waals surface area (Å²) in [6, 6.07) is 17.7. The average Bonchev–Trinajstić information content (AvgIpc) is 3.39. The van der Waals surface area contributed by atoms with Gasteiger partial charge in [-0.2, -0.15) is 4.68 Å². The Morgan fingerprint density at radius 3 is 2.73 bits per heavy atom. The molecule has 1 fully saturated rings. The molecular formula is C19H19N5O2. The number of hydrogen-bond donors (Lipinski definition) is 0. The van der Waals surface area contributed by atoms with E-state index in [0.29, 0.717) is 11.4 Å². The van der Waals surface area contributed by atoms with Crippen LogP contribution in [-0.4, -0.2) is 44.2 Å². The Morgan fingerprint density at radius 1 is 1.12 bits per heavy atom. The van der Waals surface area contributed by atoms with Crippen LogP contribution in [-0.2, 0) is 4.79 Å². The number of rotatable bonds is 5. The Bertz CT molecular complexity index is 867. The summed E-state index contributed by atoms with van der Waals surface area (Å²) in [4.78, 5) is 14.7. The molecule has 1 aliphatic heterocycles. The summed E-state index contributed by atoms with van der Waals surface area (Å²) in [7, 11) is 0. The number of aromatic nitrogens is 4. The number of amides is 1. The van der Waals surface area contributed by atoms with E-state index in [4.69, 9.17) is 4.74 Å². The first-order chi connectivity index (χ1) is 12.8. The molecule has 0 aliphatic carbocycles. The fourth-order valence-corrected chi connectivity index (χ4v) is 3.35. The first-order valence-electron chi connectivity index (χ1n) is 8.62. The number of tetrazole rings is 1. The summed E-state index contributed by atoms with van der Waals surface area (Å²) in [5.74, 6) is 0.562. The number of ether oxygens (including phenoxy) is 1. The van der Waals surface area contributed by atoms with E-state index in [1.807, 2.05) is 47.4 Å². The second-order valence-corrected chi connectivity index (χ2v) is 6.17. The minimum Gasteiger partial charge on any atom is -0.482 e. The van der Waals surface area contributed by atoms with Crippen molar-refractivity contribution in [3.8, 4) is 11.4 Å². The first kappa shape index (κ1) is 16.3. The van der Waals surface area contributed by atoms with Crippen LogP contribution in [0.15, 0.2) is 60.9 Å². The van der Waals surface area contributed by atoms with Gasteiger partial charge >= 0.3 is 0 Å². The molecule has 1 aliphatic rings. The standard InChI is InChI=1S/C19H19N5O2/c25-19(23-12-6-10-16(23)15-7-2-1-3-8-15)13-26-18-11-5-4-9-17(18)24-14-20-21-22-24/h1-5,7-9,11,14,16H,6,10,12-13H2. The molecule has 2 heterocycles. The topological polar surface area (TPSA) is 73.1 Å². The summed E-state index contributed by atoms with van der Waals surface area (Å²) < 4.78 is 7.33. The van der Waals surface area contributed by atoms with Gasteiger partial charge in [0.2, 0.25) is 0 Å². The first-order valence-corrected chi connectivity index (χ1v) is 8.62. The Labute approximate surface area is 151 Å². The molecule has 0 bridgehead atoms. The van der Waals surface area contributed by atoms with Gasteiger partial charge in [0.1, 0.15) is 17.8 Å². The Hall–Kier alpha value is -3.22. The van der Waals surface area contributed by atoms with E-state index in [-0.39, 0.29) is 18.6 Å². The molecule has 1 unspecified atom stereocenters. The molecule has 7 nitrogen and oxygen atoms in total. The molecule has 0 saturated carbocycles. The van der Waals surface area contributed by atoms with Crippen molar-refractivity contribution in [2.75, 3.05) is 13.2 Å². The van der Waals surface area contributed by atoms with Crippen molar-refractivity contribution in [2.45, 2.75) is 18.9 Å². The lowest BCUT2D eigenvalue weighted by Gasteiger charge is -2.25. The summed E-state index contributed by atoms with van der Waals surface area (Å²) in [5.41, 5.74) is 1.87. The molecule has 1 aromatic heterocycles. The van der Waals surface area contributed by atoms with Crippen molar-refractivity contribution in [3.05, 3.63) is 66.5 Å². The van der Waals surface area contributed by atoms with Gasteiger partial charge < -0.3 is 9.64 Å². The van der Waals surface area contributed by atoms with Gasteiger partial charge in [-0.05, 0) is 41.0 Å². The summed E-state index contributed by atoms with van der Waals surface area (Å²) >= 11 is 0. The van der Waals surface area contributed by atoms with Crippen LogP contribution < -0.4 is 4.74 Å². The zero-order valence-corrected chi connectivity index (χ0v) is 14.2. The Kier molecular flexibility index (Phi) is 4.59. The maximum atomic E-state index is 12.8. The Balaban J connectivity index is 1.46. The number of carbonyl (C=O) groups is 1. The number of para-hydroxylation sites is 2. The number of carbonyl (C=O) groups excluding carboxylic acids is 1. The lowest BCUT2D eigenvalue weighted by atomic mass is 10.0. The predicted octanol–water partition coefficient (Wildman–Crippen LogP) is 2.40. The highest BCUT2D eigenvalue weighted by Crippen LogP contribution is 2.32. The third-order valence-electron chi connectivity index (χ3n) is 4.57. The summed E-state index contributed by atoms with van der Waals surface area (Å²) in [5, 5.41) is 11.2. The van der Waals surface area contributed by atoms with Crippen molar-refractivity contribution < 1.29 is 9.53 Å². The molecule has 26 heavy (non-hydrogen) atoms. The summed E-state index contributed by atoms with van der Waals surface area (Å²) in [6.45, 7) is 0.749. The molecule has 0 N–H and O–H groups in total. The van der Waals surface area contributed by atoms with E-state index in [2.05, 4.69) is 27.7 Å². The minimum atomic E-state index is -0.0114. The number of benzene rings is 2. The molecule has 1 atom stereocenters. The fraction of sp³-hybridized carbons (Fsp3) is 0.263. The van der Waals surface area contributed by atoms with Crippen LogP contribution in [0.25, 0.3) is 5.69 Å². The SMILES string of the molecule is O=C(COc1ccccc1-n1cnnn1)N1CCCC1c1ccccc1. The molecule has 3 aromatic rings. The molecule has 2 aromatic carbocycles. The second kappa shape index (κ2) is 7.35. The third-order valence-corrected chi connectivity index (χ3v) is 4.57. The highest BCUT2D eigenvalue weighted by molar-refractivity contribution is 5.78. The fourth-order valence-electron chi connectivity index (χ4n) is 3.35. The zero-order chi connectivity index (χ0) is 17.8. The van der Waals surface area contributed by atoms with Crippen molar-refractivity contribution >= 4 is 5.91 Å². The predicted molar refractivity (Wildman–Crippen MR) is 94.8 cm³/mol. The van der Waals surface area contributed by atoms with E-state index in [1.165, 1.54) is 16.6 Å². The highest BCUT2D eigenvalue weighted by Gasteiger charge is 2.30. The largest absolute Gasteiger partial charge is 0.482 e. The third kappa shape index (κ3) is 3.28. The number of likely N-dealkylation sites (tertiary alicyclic amines) is 1. The second-order valence-electron chi connectivity index (χ2n) is 6.17. The van der Waals surface area contributed by atoms with E-state index >= 15 is 0 Å². The molecule has 0 radical (unpaired) electrons. The van der Waals surface area contributed by atoms with Crippen LogP contribution >= 0.6 is 0 Å². The maximum absolute atomic E-state index is 12.8. The van der Waals surface area contributed by atoms with Gasteiger partial charge in [0.05, 0.1) is 6.04 Å². The molecule has 1 saturated heterocycles. The zero-order valence-electron chi connectivity index (χ0n) is 14.2. The molecule has 132 valence electrons. The number of hydrogen-bond acceptors (Lipinski definition) is 5. The quantitative estimate of drug-likeness (QED) is 0.707. The van der Waals surface area contributed by atoms with Gasteiger partial charge in [0.15, 0.2) is 6.61 Å². The van der Waals surface area contributed by atoms with Crippen LogP contribution in [0.1, 0.15) is 24.4 Å². The maximum Gasteiger partial charge on any atom is 0.261 e. The Morgan fingerprint density at radius 2 is 1.92 bits per heavy atom. The van der Waals surface area contributed by atoms with Crippen molar-refractivity contribution in [2.24, 2.45) is 0 Å². The molecule has 1 amide bonds. The highest BCUT2D eigenvalue weighted by atomic mass is 16.5. The van der Waals surface area contributed by atoms with E-state index < -0.39 is 0 Å². The van der Waals surface area contributed by atoms with Crippen molar-refractivity contribution in [3.63, 3.8) is 0 Å². The minimum absolute atomic E-state index is 0.0112. The lowest BCUT2D eigenvalue weighted by Crippen LogP contribution is -2.34. The van der Waals surface area contributed by atoms with Crippen molar-refractivity contribution in [1.82, 2.24) is 25.1 Å². The molecule has 7 heteroatoms. The lowest BCUT2D eigenvalue weighted by molar-refractivity contribution is -0.134. The van der Waals surface area contributed by atoms with Crippen LogP contribution in [0, 0.1) is 0 Å². The van der Waals surface area contributed by atoms with Crippen LogP contribution in [0.4, 0.5) is 0 Å². The van der Waals surface area contributed by atoms with Gasteiger partial charge in [0.25, 0.3) is 5.91 Å². The van der Waals surface area contributed by atoms with Gasteiger partial charge in [-0.25, -0.2) is 0 Å². The van der Waals surface area contributed by atoms with Crippen LogP contribution in [0.5, 0.6) is 5.75 Å². The van der Waals surface area contributed by atoms with Crippen LogP contribution in [0.3, 0.4) is 0 Å². The van der Waals surface area contributed by atoms with Gasteiger partial charge in [0, 0.05) is 6.54 Å². The van der Waals surface area contributed by atoms with Crippen LogP contribution in [0.2, 0.25) is 0 Å². The number of nitrogens with zero attached hydrogens (tertiary/aromatic N) is 5. The van der Waals surface area contributed by atoms with E-state index in [1.54, 1.807) is 0 Å². The van der Waals surface area contributed by atoms with E-state index in [9.17, 15) is 4.79 Å². The smallest absolute Gasteiger partial charge is 0.261 e. The monoisotopic (exact) mass is 349 g/mol. The van der Waals surface area contributed by atoms with Crippen molar-refractivity contribution in [1.29, 1.82) is 0 Å². The molecule has 0 spiro atoms. The normalized spacial score (nSPS) is 16.6. The summed E-state index contributed by atoms with van der Waals surface area (Å²) in [6.07, 6.45) is 3.49. The van der Waals surface area contributed by atoms with Gasteiger partial charge in [-0.3, -0.25) is 4.79 Å². The molecule has 4 rings (SSSR count). The molecular weight excluding hydrogens is 330 g/mol. The van der Waals surface area contributed by atoms with E-state index in [0.717, 1.165) is 19.4 Å². The average molecular weight is 349 g/mol. The van der Waals surface area contributed by atoms with Gasteiger partial charge in [-0.15, -0.1) is 5.10 Å².